The van der Waals surface area contributed by atoms with E-state index in [1.54, 1.807) is 11.0 Å². The maximum Gasteiger partial charge on any atom is 0.258 e. The SMILES string of the molecule is CCN(CC)C(=O)c1ccc2c(c1)/C(=C(\Nc1ccc(CN3CCCCC3)cc1)c1ccccc1)C(=O)N2. The Kier molecular flexibility index (Phi) is 7.89. The molecule has 6 nitrogen and oxygen atoms in total. The van der Waals surface area contributed by atoms with Crippen LogP contribution >= 0.6 is 0 Å². The van der Waals surface area contributed by atoms with E-state index in [-0.39, 0.29) is 11.8 Å². The highest BCUT2D eigenvalue weighted by atomic mass is 16.2. The third-order valence-corrected chi connectivity index (χ3v) is 7.45. The number of piperidine rings is 1. The summed E-state index contributed by atoms with van der Waals surface area (Å²) in [6.45, 7) is 8.51. The molecule has 196 valence electrons. The van der Waals surface area contributed by atoms with E-state index in [2.05, 4.69) is 39.8 Å². The van der Waals surface area contributed by atoms with Crippen molar-refractivity contribution in [1.82, 2.24) is 9.80 Å². The fourth-order valence-electron chi connectivity index (χ4n) is 5.34. The number of nitrogens with one attached hydrogen (secondary N) is 2. The van der Waals surface area contributed by atoms with Crippen molar-refractivity contribution in [3.05, 3.63) is 95.1 Å². The molecule has 2 aliphatic rings. The first-order valence-electron chi connectivity index (χ1n) is 13.7. The van der Waals surface area contributed by atoms with E-state index in [4.69, 9.17) is 0 Å². The molecule has 0 radical (unpaired) electrons. The molecule has 1 saturated heterocycles. The first kappa shape index (κ1) is 25.7. The van der Waals surface area contributed by atoms with Gasteiger partial charge in [0.15, 0.2) is 0 Å². The van der Waals surface area contributed by atoms with Gasteiger partial charge < -0.3 is 15.5 Å². The lowest BCUT2D eigenvalue weighted by Gasteiger charge is -2.26. The Morgan fingerprint density at radius 1 is 0.895 bits per heavy atom. The van der Waals surface area contributed by atoms with E-state index < -0.39 is 0 Å². The van der Waals surface area contributed by atoms with E-state index in [0.29, 0.717) is 29.9 Å². The number of anilines is 2. The summed E-state index contributed by atoms with van der Waals surface area (Å²) in [6.07, 6.45) is 3.89. The molecule has 0 unspecified atom stereocenters. The number of benzene rings is 3. The summed E-state index contributed by atoms with van der Waals surface area (Å²) in [7, 11) is 0. The molecule has 0 saturated carbocycles. The fourth-order valence-corrected chi connectivity index (χ4v) is 5.34. The number of hydrogen-bond donors (Lipinski definition) is 2. The van der Waals surface area contributed by atoms with Crippen LogP contribution in [0.25, 0.3) is 11.3 Å². The van der Waals surface area contributed by atoms with E-state index >= 15 is 0 Å². The highest BCUT2D eigenvalue weighted by Crippen LogP contribution is 2.38. The molecule has 2 amide bonds. The average molecular weight is 509 g/mol. The van der Waals surface area contributed by atoms with Crippen molar-refractivity contribution >= 4 is 34.5 Å². The molecule has 0 bridgehead atoms. The Morgan fingerprint density at radius 3 is 2.29 bits per heavy atom. The normalized spacial score (nSPS) is 16.5. The van der Waals surface area contributed by atoms with Crippen molar-refractivity contribution in [2.75, 3.05) is 36.8 Å². The summed E-state index contributed by atoms with van der Waals surface area (Å²) in [5, 5.41) is 6.54. The first-order valence-corrected chi connectivity index (χ1v) is 13.7. The number of fused-ring (bicyclic) bond motifs is 1. The summed E-state index contributed by atoms with van der Waals surface area (Å²) in [5.74, 6) is -0.212. The third kappa shape index (κ3) is 5.50. The quantitative estimate of drug-likeness (QED) is 0.362. The predicted molar refractivity (Wildman–Crippen MR) is 155 cm³/mol. The van der Waals surface area contributed by atoms with E-state index in [9.17, 15) is 9.59 Å². The van der Waals surface area contributed by atoms with Crippen molar-refractivity contribution in [2.24, 2.45) is 0 Å². The van der Waals surface area contributed by atoms with Crippen LogP contribution in [0.15, 0.2) is 72.8 Å². The molecule has 2 heterocycles. The van der Waals surface area contributed by atoms with Crippen LogP contribution < -0.4 is 10.6 Å². The predicted octanol–water partition coefficient (Wildman–Crippen LogP) is 6.09. The molecule has 6 heteroatoms. The fraction of sp³-hybridized carbons (Fsp3) is 0.312. The van der Waals surface area contributed by atoms with Gasteiger partial charge in [-0.25, -0.2) is 0 Å². The lowest BCUT2D eigenvalue weighted by Crippen LogP contribution is -2.30. The maximum atomic E-state index is 13.3. The molecule has 2 N–H and O–H groups in total. The maximum absolute atomic E-state index is 13.3. The van der Waals surface area contributed by atoms with Gasteiger partial charge in [-0.2, -0.15) is 0 Å². The van der Waals surface area contributed by atoms with Gasteiger partial charge in [-0.15, -0.1) is 0 Å². The van der Waals surface area contributed by atoms with Gasteiger partial charge >= 0.3 is 0 Å². The van der Waals surface area contributed by atoms with Gasteiger partial charge in [-0.3, -0.25) is 14.5 Å². The molecule has 0 aliphatic carbocycles. The van der Waals surface area contributed by atoms with Crippen molar-refractivity contribution in [2.45, 2.75) is 39.7 Å². The Morgan fingerprint density at radius 2 is 1.61 bits per heavy atom. The molecule has 5 rings (SSSR count). The molecule has 3 aromatic carbocycles. The Labute approximate surface area is 225 Å². The zero-order valence-electron chi connectivity index (χ0n) is 22.3. The Bertz CT molecular complexity index is 1320. The van der Waals surface area contributed by atoms with Crippen LogP contribution in [-0.2, 0) is 11.3 Å². The number of rotatable bonds is 8. The topological polar surface area (TPSA) is 64.7 Å². The van der Waals surface area contributed by atoms with Gasteiger partial charge in [0.1, 0.15) is 0 Å². The number of carbonyl (C=O) groups excluding carboxylic acids is 2. The van der Waals surface area contributed by atoms with Gasteiger partial charge in [0.05, 0.1) is 11.3 Å². The van der Waals surface area contributed by atoms with Crippen LogP contribution in [0.3, 0.4) is 0 Å². The number of nitrogens with zero attached hydrogens (tertiary/aromatic N) is 2. The minimum atomic E-state index is -0.180. The minimum Gasteiger partial charge on any atom is -0.354 e. The zero-order chi connectivity index (χ0) is 26.5. The molecule has 0 spiro atoms. The molecule has 2 aliphatic heterocycles. The highest BCUT2D eigenvalue weighted by Gasteiger charge is 2.30. The van der Waals surface area contributed by atoms with E-state index in [1.807, 2.05) is 56.3 Å². The second-order valence-corrected chi connectivity index (χ2v) is 9.97. The zero-order valence-corrected chi connectivity index (χ0v) is 22.3. The summed E-state index contributed by atoms with van der Waals surface area (Å²) in [6, 6.07) is 23.8. The standard InChI is InChI=1S/C32H36N4O2/c1-3-36(4-2)32(38)25-15-18-28-27(21-25)29(31(37)34-28)30(24-11-7-5-8-12-24)33-26-16-13-23(14-17-26)22-35-19-9-6-10-20-35/h5,7-8,11-18,21,33H,3-4,6,9-10,19-20,22H2,1-2H3,(H,34,37)/b30-29+. The first-order chi connectivity index (χ1) is 18.6. The Balaban J connectivity index is 1.50. The monoisotopic (exact) mass is 508 g/mol. The lowest BCUT2D eigenvalue weighted by atomic mass is 9.98. The van der Waals surface area contributed by atoms with Gasteiger partial charge in [0, 0.05) is 42.1 Å². The second kappa shape index (κ2) is 11.7. The summed E-state index contributed by atoms with van der Waals surface area (Å²) >= 11 is 0. The molecule has 0 atom stereocenters. The van der Waals surface area contributed by atoms with Gasteiger partial charge in [0.2, 0.25) is 0 Å². The summed E-state index contributed by atoms with van der Waals surface area (Å²) in [4.78, 5) is 30.7. The molecule has 0 aromatic heterocycles. The van der Waals surface area contributed by atoms with Gasteiger partial charge in [-0.05, 0) is 81.2 Å². The van der Waals surface area contributed by atoms with E-state index in [0.717, 1.165) is 42.1 Å². The van der Waals surface area contributed by atoms with Crippen LogP contribution in [0.2, 0.25) is 0 Å². The Hall–Kier alpha value is -3.90. The van der Waals surface area contributed by atoms with Crippen LogP contribution in [0, 0.1) is 0 Å². The number of likely N-dealkylation sites (tertiary alicyclic amines) is 1. The van der Waals surface area contributed by atoms with Gasteiger partial charge in [-0.1, -0.05) is 48.9 Å². The highest BCUT2D eigenvalue weighted by molar-refractivity contribution is 6.37. The van der Waals surface area contributed by atoms with Crippen molar-refractivity contribution in [3.8, 4) is 0 Å². The number of amides is 2. The third-order valence-electron chi connectivity index (χ3n) is 7.45. The van der Waals surface area contributed by atoms with Gasteiger partial charge in [0.25, 0.3) is 11.8 Å². The van der Waals surface area contributed by atoms with Crippen LogP contribution in [0.4, 0.5) is 11.4 Å². The van der Waals surface area contributed by atoms with Crippen LogP contribution in [0.1, 0.15) is 60.2 Å². The van der Waals surface area contributed by atoms with Crippen LogP contribution in [-0.4, -0.2) is 47.8 Å². The average Bonchev–Trinajstić information content (AvgIpc) is 3.29. The number of hydrogen-bond acceptors (Lipinski definition) is 4. The largest absolute Gasteiger partial charge is 0.354 e. The summed E-state index contributed by atoms with van der Waals surface area (Å²) in [5.41, 5.74) is 6.40. The van der Waals surface area contributed by atoms with Crippen molar-refractivity contribution in [1.29, 1.82) is 0 Å². The second-order valence-electron chi connectivity index (χ2n) is 9.97. The smallest absolute Gasteiger partial charge is 0.258 e. The van der Waals surface area contributed by atoms with Crippen LogP contribution in [0.5, 0.6) is 0 Å². The minimum absolute atomic E-state index is 0.0324. The molecular weight excluding hydrogens is 472 g/mol. The molecule has 3 aromatic rings. The lowest BCUT2D eigenvalue weighted by molar-refractivity contribution is -0.110. The molecule has 38 heavy (non-hydrogen) atoms. The van der Waals surface area contributed by atoms with Crippen molar-refractivity contribution in [3.63, 3.8) is 0 Å². The molecule has 1 fully saturated rings. The summed E-state index contributed by atoms with van der Waals surface area (Å²) < 4.78 is 0. The van der Waals surface area contributed by atoms with Crippen molar-refractivity contribution < 1.29 is 9.59 Å². The molecular formula is C32H36N4O2. The number of carbonyl (C=O) groups is 2. The van der Waals surface area contributed by atoms with E-state index in [1.165, 1.54) is 24.8 Å².